The molecule has 0 atom stereocenters. The maximum absolute atomic E-state index is 10.8. The second-order valence-corrected chi connectivity index (χ2v) is 3.74. The van der Waals surface area contributed by atoms with E-state index >= 15 is 0 Å². The molecule has 104 valence electrons. The molecule has 0 radical (unpaired) electrons. The van der Waals surface area contributed by atoms with Gasteiger partial charge >= 0.3 is 5.97 Å². The Labute approximate surface area is 113 Å². The third kappa shape index (κ3) is 4.91. The highest BCUT2D eigenvalue weighted by Gasteiger charge is 2.04. The molecule has 0 aromatic heterocycles. The van der Waals surface area contributed by atoms with Crippen LogP contribution in [0.1, 0.15) is 5.56 Å². The van der Waals surface area contributed by atoms with E-state index in [0.717, 1.165) is 23.5 Å². The van der Waals surface area contributed by atoms with Crippen LogP contribution in [0.25, 0.3) is 0 Å². The average Bonchev–Trinajstić information content (AvgIpc) is 2.46. The standard InChI is InChI=1S/C14H19NO4/c1-17-12-4-5-13(18-2)11(10-12)6-8-15-9-7-14(16)19-3/h4-5,7,9-10,15H,6,8H2,1-3H3/b9-7-. The summed E-state index contributed by atoms with van der Waals surface area (Å²) in [6, 6.07) is 5.66. The van der Waals surface area contributed by atoms with E-state index in [-0.39, 0.29) is 5.97 Å². The van der Waals surface area contributed by atoms with Gasteiger partial charge in [0, 0.05) is 18.8 Å². The van der Waals surface area contributed by atoms with Gasteiger partial charge in [0.15, 0.2) is 0 Å². The van der Waals surface area contributed by atoms with Gasteiger partial charge in [-0.3, -0.25) is 0 Å². The minimum atomic E-state index is -0.383. The Balaban J connectivity index is 2.52. The molecule has 0 saturated heterocycles. The van der Waals surface area contributed by atoms with Gasteiger partial charge in [0.2, 0.25) is 0 Å². The van der Waals surface area contributed by atoms with Crippen LogP contribution in [0.15, 0.2) is 30.5 Å². The number of benzene rings is 1. The molecular weight excluding hydrogens is 246 g/mol. The highest BCUT2D eigenvalue weighted by molar-refractivity contribution is 5.81. The molecule has 0 saturated carbocycles. The number of carbonyl (C=O) groups is 1. The summed E-state index contributed by atoms with van der Waals surface area (Å²) in [4.78, 5) is 10.8. The summed E-state index contributed by atoms with van der Waals surface area (Å²) in [6.45, 7) is 0.678. The Kier molecular flexibility index (Phi) is 6.29. The van der Waals surface area contributed by atoms with Crippen LogP contribution in [-0.4, -0.2) is 33.8 Å². The lowest BCUT2D eigenvalue weighted by molar-refractivity contribution is -0.134. The molecule has 0 aliphatic carbocycles. The van der Waals surface area contributed by atoms with Crippen LogP contribution < -0.4 is 14.8 Å². The first-order chi connectivity index (χ1) is 9.21. The predicted molar refractivity (Wildman–Crippen MR) is 72.4 cm³/mol. The van der Waals surface area contributed by atoms with E-state index in [1.165, 1.54) is 13.2 Å². The van der Waals surface area contributed by atoms with E-state index in [1.807, 2.05) is 18.2 Å². The molecule has 1 aromatic rings. The van der Waals surface area contributed by atoms with Crippen molar-refractivity contribution < 1.29 is 19.0 Å². The summed E-state index contributed by atoms with van der Waals surface area (Å²) in [5.41, 5.74) is 1.04. The fourth-order valence-corrected chi connectivity index (χ4v) is 1.56. The van der Waals surface area contributed by atoms with Gasteiger partial charge < -0.3 is 19.5 Å². The Morgan fingerprint density at radius 2 is 2.05 bits per heavy atom. The first kappa shape index (κ1) is 14.9. The molecule has 0 spiro atoms. The summed E-state index contributed by atoms with van der Waals surface area (Å²) < 4.78 is 14.9. The molecule has 0 unspecified atom stereocenters. The molecular formula is C14H19NO4. The average molecular weight is 265 g/mol. The van der Waals surface area contributed by atoms with Crippen molar-refractivity contribution in [2.45, 2.75) is 6.42 Å². The maximum Gasteiger partial charge on any atom is 0.331 e. The summed E-state index contributed by atoms with van der Waals surface area (Å²) in [5.74, 6) is 1.23. The van der Waals surface area contributed by atoms with Gasteiger partial charge in [0.25, 0.3) is 0 Å². The molecule has 0 fully saturated rings. The van der Waals surface area contributed by atoms with E-state index in [2.05, 4.69) is 10.1 Å². The summed E-state index contributed by atoms with van der Waals surface area (Å²) in [7, 11) is 4.60. The van der Waals surface area contributed by atoms with E-state index < -0.39 is 0 Å². The van der Waals surface area contributed by atoms with Crippen LogP contribution in [0.4, 0.5) is 0 Å². The summed E-state index contributed by atoms with van der Waals surface area (Å²) in [5, 5.41) is 3.01. The number of nitrogens with one attached hydrogen (secondary N) is 1. The predicted octanol–water partition coefficient (Wildman–Crippen LogP) is 1.52. The van der Waals surface area contributed by atoms with Crippen molar-refractivity contribution in [1.29, 1.82) is 0 Å². The minimum absolute atomic E-state index is 0.383. The van der Waals surface area contributed by atoms with Gasteiger partial charge in [0.05, 0.1) is 21.3 Å². The van der Waals surface area contributed by atoms with Crippen LogP contribution in [0.2, 0.25) is 0 Å². The van der Waals surface area contributed by atoms with Crippen LogP contribution in [0.5, 0.6) is 11.5 Å². The van der Waals surface area contributed by atoms with Crippen molar-refractivity contribution in [3.63, 3.8) is 0 Å². The number of carbonyl (C=O) groups excluding carboxylic acids is 1. The van der Waals surface area contributed by atoms with Gasteiger partial charge in [-0.05, 0) is 30.2 Å². The molecule has 0 bridgehead atoms. The minimum Gasteiger partial charge on any atom is -0.497 e. The molecule has 0 aliphatic heterocycles. The molecule has 0 heterocycles. The Hall–Kier alpha value is -2.17. The number of esters is 1. The van der Waals surface area contributed by atoms with Crippen molar-refractivity contribution >= 4 is 5.97 Å². The van der Waals surface area contributed by atoms with E-state index in [0.29, 0.717) is 6.54 Å². The number of methoxy groups -OCH3 is 3. The Morgan fingerprint density at radius 1 is 1.26 bits per heavy atom. The first-order valence-electron chi connectivity index (χ1n) is 5.90. The van der Waals surface area contributed by atoms with Crippen molar-refractivity contribution in [3.8, 4) is 11.5 Å². The van der Waals surface area contributed by atoms with Crippen LogP contribution in [0, 0.1) is 0 Å². The normalized spacial score (nSPS) is 10.3. The van der Waals surface area contributed by atoms with Crippen LogP contribution in [-0.2, 0) is 16.0 Å². The quantitative estimate of drug-likeness (QED) is 0.460. The lowest BCUT2D eigenvalue weighted by atomic mass is 10.1. The highest BCUT2D eigenvalue weighted by atomic mass is 16.5. The third-order valence-corrected chi connectivity index (χ3v) is 2.56. The van der Waals surface area contributed by atoms with E-state index in [1.54, 1.807) is 20.4 Å². The topological polar surface area (TPSA) is 56.8 Å². The van der Waals surface area contributed by atoms with E-state index in [4.69, 9.17) is 9.47 Å². The lowest BCUT2D eigenvalue weighted by Gasteiger charge is -2.10. The number of rotatable bonds is 7. The first-order valence-corrected chi connectivity index (χ1v) is 5.90. The Bertz CT molecular complexity index is 443. The van der Waals surface area contributed by atoms with Gasteiger partial charge in [-0.15, -0.1) is 0 Å². The van der Waals surface area contributed by atoms with Crippen molar-refractivity contribution in [2.75, 3.05) is 27.9 Å². The van der Waals surface area contributed by atoms with Crippen molar-refractivity contribution in [2.24, 2.45) is 0 Å². The van der Waals surface area contributed by atoms with Crippen LogP contribution >= 0.6 is 0 Å². The fraction of sp³-hybridized carbons (Fsp3) is 0.357. The van der Waals surface area contributed by atoms with Crippen molar-refractivity contribution in [3.05, 3.63) is 36.0 Å². The number of hydrogen-bond donors (Lipinski definition) is 1. The third-order valence-electron chi connectivity index (χ3n) is 2.56. The second kappa shape index (κ2) is 8.02. The summed E-state index contributed by atoms with van der Waals surface area (Å²) >= 11 is 0. The van der Waals surface area contributed by atoms with Crippen molar-refractivity contribution in [1.82, 2.24) is 5.32 Å². The second-order valence-electron chi connectivity index (χ2n) is 3.74. The molecule has 0 aliphatic rings. The molecule has 5 heteroatoms. The van der Waals surface area contributed by atoms with Gasteiger partial charge in [-0.25, -0.2) is 4.79 Å². The molecule has 1 aromatic carbocycles. The van der Waals surface area contributed by atoms with Gasteiger partial charge in [0.1, 0.15) is 11.5 Å². The zero-order valence-electron chi connectivity index (χ0n) is 11.4. The SMILES string of the molecule is COC(=O)/C=C\NCCc1cc(OC)ccc1OC. The zero-order valence-corrected chi connectivity index (χ0v) is 11.4. The monoisotopic (exact) mass is 265 g/mol. The Morgan fingerprint density at radius 3 is 2.68 bits per heavy atom. The van der Waals surface area contributed by atoms with E-state index in [9.17, 15) is 4.79 Å². The molecule has 5 nitrogen and oxygen atoms in total. The molecule has 1 N–H and O–H groups in total. The van der Waals surface area contributed by atoms with Crippen LogP contribution in [0.3, 0.4) is 0 Å². The van der Waals surface area contributed by atoms with Gasteiger partial charge in [-0.1, -0.05) is 0 Å². The molecule has 1 rings (SSSR count). The maximum atomic E-state index is 10.8. The molecule has 19 heavy (non-hydrogen) atoms. The largest absolute Gasteiger partial charge is 0.497 e. The van der Waals surface area contributed by atoms with Gasteiger partial charge in [-0.2, -0.15) is 0 Å². The zero-order chi connectivity index (χ0) is 14.1. The fourth-order valence-electron chi connectivity index (χ4n) is 1.56. The molecule has 0 amide bonds. The smallest absolute Gasteiger partial charge is 0.331 e. The highest BCUT2D eigenvalue weighted by Crippen LogP contribution is 2.23. The number of ether oxygens (including phenoxy) is 3. The lowest BCUT2D eigenvalue weighted by Crippen LogP contribution is -2.11. The summed E-state index contributed by atoms with van der Waals surface area (Å²) in [6.07, 6.45) is 3.66. The number of hydrogen-bond acceptors (Lipinski definition) is 5.